The predicted octanol–water partition coefficient (Wildman–Crippen LogP) is 5.06. The third kappa shape index (κ3) is 3.17. The molecule has 19 heavy (non-hydrogen) atoms. The fourth-order valence-corrected chi connectivity index (χ4v) is 2.97. The monoisotopic (exact) mass is 294 g/mol. The van der Waals surface area contributed by atoms with Crippen LogP contribution in [0, 0.1) is 0 Å². The number of hydrogen-bond donors (Lipinski definition) is 0. The van der Waals surface area contributed by atoms with Crippen molar-refractivity contribution in [2.24, 2.45) is 0 Å². The van der Waals surface area contributed by atoms with Crippen molar-refractivity contribution in [1.82, 2.24) is 0 Å². The fraction of sp³-hybridized carbons (Fsp3) is 0.267. The van der Waals surface area contributed by atoms with Crippen molar-refractivity contribution in [3.05, 3.63) is 40.2 Å². The minimum atomic E-state index is 0.0748. The Labute approximate surface area is 122 Å². The summed E-state index contributed by atoms with van der Waals surface area (Å²) in [5, 5.41) is 0.605. The number of hydrogen-bond acceptors (Lipinski definition) is 3. The summed E-state index contributed by atoms with van der Waals surface area (Å²) in [5.41, 5.74) is 0.910. The van der Waals surface area contributed by atoms with Crippen LogP contribution in [0.15, 0.2) is 30.3 Å². The molecule has 0 saturated heterocycles. The largest absolute Gasteiger partial charge is 0.492 e. The molecule has 2 aromatic rings. The average Bonchev–Trinajstić information content (AvgIpc) is 2.87. The van der Waals surface area contributed by atoms with Gasteiger partial charge in [0.05, 0.1) is 16.5 Å². The number of carbonyl (C=O) groups is 1. The highest BCUT2D eigenvalue weighted by Crippen LogP contribution is 2.38. The molecule has 0 saturated carbocycles. The minimum Gasteiger partial charge on any atom is -0.492 e. The molecule has 0 aliphatic carbocycles. The lowest BCUT2D eigenvalue weighted by Gasteiger charge is -2.09. The Balaban J connectivity index is 2.35. The molecule has 0 aliphatic rings. The number of carbonyl (C=O) groups excluding carboxylic acids is 1. The second-order valence-electron chi connectivity index (χ2n) is 4.19. The Kier molecular flexibility index (Phi) is 4.61. The van der Waals surface area contributed by atoms with Gasteiger partial charge in [-0.05, 0) is 31.5 Å². The summed E-state index contributed by atoms with van der Waals surface area (Å²) in [7, 11) is 0. The van der Waals surface area contributed by atoms with Crippen LogP contribution in [0.4, 0.5) is 0 Å². The fourth-order valence-electron chi connectivity index (χ4n) is 1.70. The Morgan fingerprint density at radius 3 is 2.74 bits per heavy atom. The number of rotatable bonds is 5. The van der Waals surface area contributed by atoms with Crippen LogP contribution in [-0.4, -0.2) is 12.4 Å². The molecule has 1 heterocycles. The van der Waals surface area contributed by atoms with Gasteiger partial charge in [-0.1, -0.05) is 30.7 Å². The summed E-state index contributed by atoms with van der Waals surface area (Å²) >= 11 is 7.82. The first-order valence-electron chi connectivity index (χ1n) is 6.16. The van der Waals surface area contributed by atoms with Crippen molar-refractivity contribution in [3.8, 4) is 16.2 Å². The molecule has 4 heteroatoms. The van der Waals surface area contributed by atoms with Crippen LogP contribution in [0.3, 0.4) is 0 Å². The van der Waals surface area contributed by atoms with Gasteiger partial charge in [-0.15, -0.1) is 11.3 Å². The van der Waals surface area contributed by atoms with E-state index in [9.17, 15) is 4.79 Å². The molecule has 100 valence electrons. The zero-order valence-electron chi connectivity index (χ0n) is 10.9. The molecule has 1 aromatic carbocycles. The summed E-state index contributed by atoms with van der Waals surface area (Å²) in [4.78, 5) is 13.1. The zero-order chi connectivity index (χ0) is 13.8. The molecule has 2 rings (SSSR count). The molecular weight excluding hydrogens is 280 g/mol. The van der Waals surface area contributed by atoms with Crippen molar-refractivity contribution in [2.75, 3.05) is 6.61 Å². The third-order valence-electron chi connectivity index (χ3n) is 2.64. The summed E-state index contributed by atoms with van der Waals surface area (Å²) < 4.78 is 5.61. The number of Topliss-reactive ketones (excluding diaryl/α,β-unsaturated/α-hetero) is 1. The summed E-state index contributed by atoms with van der Waals surface area (Å²) in [5.74, 6) is 0.768. The van der Waals surface area contributed by atoms with E-state index in [2.05, 4.69) is 6.92 Å². The molecule has 0 unspecified atom stereocenters. The number of halogens is 1. The Morgan fingerprint density at radius 1 is 1.32 bits per heavy atom. The van der Waals surface area contributed by atoms with Crippen molar-refractivity contribution in [1.29, 1.82) is 0 Å². The standard InChI is InChI=1S/C15H15ClO2S/c1-3-9-18-12-6-4-5-11(15(12)16)14-8-7-13(19-14)10(2)17/h4-8H,3,9H2,1-2H3. The highest BCUT2D eigenvalue weighted by Gasteiger charge is 2.12. The van der Waals surface area contributed by atoms with Gasteiger partial charge in [0.1, 0.15) is 5.75 Å². The first-order chi connectivity index (χ1) is 9.13. The molecule has 0 fully saturated rings. The third-order valence-corrected chi connectivity index (χ3v) is 4.25. The van der Waals surface area contributed by atoms with Crippen LogP contribution in [0.5, 0.6) is 5.75 Å². The number of ether oxygens (including phenoxy) is 1. The van der Waals surface area contributed by atoms with E-state index in [1.54, 1.807) is 6.92 Å². The Hall–Kier alpha value is -1.32. The second-order valence-corrected chi connectivity index (χ2v) is 5.65. The van der Waals surface area contributed by atoms with Gasteiger partial charge in [-0.3, -0.25) is 4.79 Å². The van der Waals surface area contributed by atoms with Crippen molar-refractivity contribution >= 4 is 28.7 Å². The molecule has 2 nitrogen and oxygen atoms in total. The van der Waals surface area contributed by atoms with Gasteiger partial charge in [0.15, 0.2) is 5.78 Å². The van der Waals surface area contributed by atoms with E-state index in [1.807, 2.05) is 30.3 Å². The van der Waals surface area contributed by atoms with Crippen LogP contribution in [0.25, 0.3) is 10.4 Å². The maximum absolute atomic E-state index is 11.3. The van der Waals surface area contributed by atoms with Gasteiger partial charge in [-0.2, -0.15) is 0 Å². The van der Waals surface area contributed by atoms with Gasteiger partial charge in [0, 0.05) is 10.4 Å². The van der Waals surface area contributed by atoms with Gasteiger partial charge in [0.2, 0.25) is 0 Å². The van der Waals surface area contributed by atoms with Crippen LogP contribution in [-0.2, 0) is 0 Å². The van der Waals surface area contributed by atoms with Crippen LogP contribution >= 0.6 is 22.9 Å². The predicted molar refractivity (Wildman–Crippen MR) is 80.6 cm³/mol. The van der Waals surface area contributed by atoms with E-state index in [0.717, 1.165) is 21.7 Å². The van der Waals surface area contributed by atoms with E-state index in [0.29, 0.717) is 17.4 Å². The number of thiophene rings is 1. The quantitative estimate of drug-likeness (QED) is 0.721. The van der Waals surface area contributed by atoms with E-state index in [1.165, 1.54) is 11.3 Å². The number of benzene rings is 1. The van der Waals surface area contributed by atoms with Crippen LogP contribution in [0.2, 0.25) is 5.02 Å². The second kappa shape index (κ2) is 6.22. The molecule has 0 radical (unpaired) electrons. The molecule has 0 atom stereocenters. The zero-order valence-corrected chi connectivity index (χ0v) is 12.5. The smallest absolute Gasteiger partial charge is 0.169 e. The van der Waals surface area contributed by atoms with Gasteiger partial charge >= 0.3 is 0 Å². The first kappa shape index (κ1) is 14.1. The lowest BCUT2D eigenvalue weighted by molar-refractivity contribution is 0.102. The Bertz CT molecular complexity index is 590. The molecule has 1 aromatic heterocycles. The summed E-state index contributed by atoms with van der Waals surface area (Å²) in [6.45, 7) is 4.26. The van der Waals surface area contributed by atoms with Crippen molar-refractivity contribution in [2.45, 2.75) is 20.3 Å². The highest BCUT2D eigenvalue weighted by molar-refractivity contribution is 7.17. The first-order valence-corrected chi connectivity index (χ1v) is 7.35. The lowest BCUT2D eigenvalue weighted by atomic mass is 10.2. The average molecular weight is 295 g/mol. The van der Waals surface area contributed by atoms with Crippen molar-refractivity contribution < 1.29 is 9.53 Å². The maximum Gasteiger partial charge on any atom is 0.169 e. The van der Waals surface area contributed by atoms with E-state index >= 15 is 0 Å². The number of ketones is 1. The summed E-state index contributed by atoms with van der Waals surface area (Å²) in [6.07, 6.45) is 0.939. The molecule has 0 aliphatic heterocycles. The normalized spacial score (nSPS) is 10.5. The van der Waals surface area contributed by atoms with Crippen molar-refractivity contribution in [3.63, 3.8) is 0 Å². The van der Waals surface area contributed by atoms with Crippen LogP contribution < -0.4 is 4.74 Å². The van der Waals surface area contributed by atoms with Crippen LogP contribution in [0.1, 0.15) is 29.9 Å². The van der Waals surface area contributed by atoms with E-state index in [-0.39, 0.29) is 5.78 Å². The molecule has 0 amide bonds. The topological polar surface area (TPSA) is 26.3 Å². The maximum atomic E-state index is 11.3. The minimum absolute atomic E-state index is 0.0748. The van der Waals surface area contributed by atoms with E-state index < -0.39 is 0 Å². The van der Waals surface area contributed by atoms with E-state index in [4.69, 9.17) is 16.3 Å². The molecule has 0 N–H and O–H groups in total. The SMILES string of the molecule is CCCOc1cccc(-c2ccc(C(C)=O)s2)c1Cl. The Morgan fingerprint density at radius 2 is 2.11 bits per heavy atom. The van der Waals surface area contributed by atoms with Gasteiger partial charge in [0.25, 0.3) is 0 Å². The molecule has 0 spiro atoms. The highest BCUT2D eigenvalue weighted by atomic mass is 35.5. The lowest BCUT2D eigenvalue weighted by Crippen LogP contribution is -1.95. The van der Waals surface area contributed by atoms with Gasteiger partial charge < -0.3 is 4.74 Å². The van der Waals surface area contributed by atoms with Gasteiger partial charge in [-0.25, -0.2) is 0 Å². The molecule has 0 bridgehead atoms. The summed E-state index contributed by atoms with van der Waals surface area (Å²) in [6, 6.07) is 9.47. The molecular formula is C15H15ClO2S.